The zero-order chi connectivity index (χ0) is 17.7. The van der Waals surface area contributed by atoms with Crippen molar-refractivity contribution in [2.24, 2.45) is 5.92 Å². The Morgan fingerprint density at radius 3 is 2.52 bits per heavy atom. The minimum Gasteiger partial charge on any atom is -0.381 e. The fourth-order valence-electron chi connectivity index (χ4n) is 3.97. The van der Waals surface area contributed by atoms with Gasteiger partial charge in [0.05, 0.1) is 5.54 Å². The molecule has 0 bridgehead atoms. The number of nitrogens with zero attached hydrogens (tertiary/aromatic N) is 3. The first kappa shape index (κ1) is 18.5. The first-order chi connectivity index (χ1) is 12.1. The van der Waals surface area contributed by atoms with E-state index in [0.29, 0.717) is 18.9 Å². The van der Waals surface area contributed by atoms with E-state index in [2.05, 4.69) is 28.6 Å². The predicted molar refractivity (Wildman–Crippen MR) is 98.8 cm³/mol. The number of piperazine rings is 1. The topological polar surface area (TPSA) is 45.7 Å². The quantitative estimate of drug-likeness (QED) is 0.741. The van der Waals surface area contributed by atoms with E-state index in [4.69, 9.17) is 4.74 Å². The fraction of sp³-hybridized carbons (Fsp3) is 0.700. The molecule has 2 aliphatic rings. The summed E-state index contributed by atoms with van der Waals surface area (Å²) in [4.78, 5) is 22.6. The number of Topliss-reactive ketones (excluding diaryl/α,β-unsaturated/α-hetero) is 1. The van der Waals surface area contributed by atoms with Crippen LogP contribution in [0.1, 0.15) is 43.6 Å². The minimum absolute atomic E-state index is 0.173. The van der Waals surface area contributed by atoms with Crippen molar-refractivity contribution in [2.45, 2.75) is 38.6 Å². The number of carbonyl (C=O) groups is 1. The standard InChI is InChI=1S/C20H31N3O2/c1-17(2)6-10-22-11-13-23(14-12-22)20(7-15-25-16-8-20)19(24)18-5-3-4-9-21-18/h3-5,9,17H,6-8,10-16H2,1-2H3. The zero-order valence-electron chi connectivity index (χ0n) is 15.6. The number of aromatic nitrogens is 1. The number of ketones is 1. The van der Waals surface area contributed by atoms with Gasteiger partial charge in [0.1, 0.15) is 5.69 Å². The van der Waals surface area contributed by atoms with E-state index in [1.165, 1.54) is 6.42 Å². The summed E-state index contributed by atoms with van der Waals surface area (Å²) >= 11 is 0. The number of pyridine rings is 1. The molecule has 25 heavy (non-hydrogen) atoms. The van der Waals surface area contributed by atoms with E-state index in [1.807, 2.05) is 18.2 Å². The maximum absolute atomic E-state index is 13.3. The molecule has 138 valence electrons. The third-order valence-electron chi connectivity index (χ3n) is 5.64. The summed E-state index contributed by atoms with van der Waals surface area (Å²) in [6.45, 7) is 11.0. The van der Waals surface area contributed by atoms with Crippen molar-refractivity contribution in [1.82, 2.24) is 14.8 Å². The van der Waals surface area contributed by atoms with E-state index in [0.717, 1.165) is 51.5 Å². The van der Waals surface area contributed by atoms with Crippen LogP contribution >= 0.6 is 0 Å². The van der Waals surface area contributed by atoms with E-state index >= 15 is 0 Å². The Balaban J connectivity index is 1.70. The van der Waals surface area contributed by atoms with Crippen molar-refractivity contribution >= 4 is 5.78 Å². The monoisotopic (exact) mass is 345 g/mol. The Morgan fingerprint density at radius 1 is 1.20 bits per heavy atom. The summed E-state index contributed by atoms with van der Waals surface area (Å²) in [5.74, 6) is 0.914. The molecule has 2 fully saturated rings. The third kappa shape index (κ3) is 4.27. The molecular formula is C20H31N3O2. The van der Waals surface area contributed by atoms with Crippen LogP contribution in [-0.2, 0) is 4.74 Å². The van der Waals surface area contributed by atoms with Crippen molar-refractivity contribution in [3.05, 3.63) is 30.1 Å². The summed E-state index contributed by atoms with van der Waals surface area (Å²) in [5.41, 5.74) is 0.156. The lowest BCUT2D eigenvalue weighted by molar-refractivity contribution is -0.0335. The molecule has 5 heteroatoms. The van der Waals surface area contributed by atoms with Gasteiger partial charge in [-0.15, -0.1) is 0 Å². The van der Waals surface area contributed by atoms with Gasteiger partial charge in [-0.25, -0.2) is 0 Å². The lowest BCUT2D eigenvalue weighted by Gasteiger charge is -2.48. The van der Waals surface area contributed by atoms with Gasteiger partial charge < -0.3 is 9.64 Å². The average molecular weight is 345 g/mol. The first-order valence-electron chi connectivity index (χ1n) is 9.63. The van der Waals surface area contributed by atoms with Gasteiger partial charge in [0.15, 0.2) is 0 Å². The number of carbonyl (C=O) groups excluding carboxylic acids is 1. The highest BCUT2D eigenvalue weighted by Crippen LogP contribution is 2.32. The molecule has 2 aliphatic heterocycles. The van der Waals surface area contributed by atoms with Crippen LogP contribution in [0.5, 0.6) is 0 Å². The molecule has 0 atom stereocenters. The van der Waals surface area contributed by atoms with Crippen LogP contribution in [0.4, 0.5) is 0 Å². The highest BCUT2D eigenvalue weighted by Gasteiger charge is 2.46. The molecule has 0 aromatic carbocycles. The summed E-state index contributed by atoms with van der Waals surface area (Å²) in [5, 5.41) is 0. The molecule has 5 nitrogen and oxygen atoms in total. The summed E-state index contributed by atoms with van der Waals surface area (Å²) in [7, 11) is 0. The molecule has 0 unspecified atom stereocenters. The normalized spacial score (nSPS) is 22.2. The Labute approximate surface area is 151 Å². The molecule has 3 rings (SSSR count). The summed E-state index contributed by atoms with van der Waals surface area (Å²) in [6, 6.07) is 5.61. The second-order valence-corrected chi connectivity index (χ2v) is 7.70. The highest BCUT2D eigenvalue weighted by atomic mass is 16.5. The lowest BCUT2D eigenvalue weighted by Crippen LogP contribution is -2.62. The Bertz CT molecular complexity index is 547. The smallest absolute Gasteiger partial charge is 0.201 e. The number of rotatable bonds is 6. The molecule has 0 N–H and O–H groups in total. The molecule has 0 aliphatic carbocycles. The Morgan fingerprint density at radius 2 is 1.92 bits per heavy atom. The zero-order valence-corrected chi connectivity index (χ0v) is 15.6. The SMILES string of the molecule is CC(C)CCN1CCN(C2(C(=O)c3ccccn3)CCOCC2)CC1. The molecule has 0 saturated carbocycles. The lowest BCUT2D eigenvalue weighted by atomic mass is 9.81. The van der Waals surface area contributed by atoms with E-state index in [-0.39, 0.29) is 5.78 Å². The van der Waals surface area contributed by atoms with Crippen molar-refractivity contribution in [3.8, 4) is 0 Å². The van der Waals surface area contributed by atoms with Gasteiger partial charge in [0.2, 0.25) is 5.78 Å². The molecule has 0 spiro atoms. The molecule has 2 saturated heterocycles. The average Bonchev–Trinajstić information content (AvgIpc) is 2.67. The van der Waals surface area contributed by atoms with E-state index < -0.39 is 5.54 Å². The molecule has 0 amide bonds. The van der Waals surface area contributed by atoms with E-state index in [1.54, 1.807) is 6.20 Å². The van der Waals surface area contributed by atoms with Gasteiger partial charge in [-0.05, 0) is 43.9 Å². The van der Waals surface area contributed by atoms with Crippen LogP contribution in [-0.4, -0.2) is 72.0 Å². The van der Waals surface area contributed by atoms with E-state index in [9.17, 15) is 4.79 Å². The van der Waals surface area contributed by atoms with Gasteiger partial charge in [-0.3, -0.25) is 14.7 Å². The van der Waals surface area contributed by atoms with Crippen LogP contribution in [0.15, 0.2) is 24.4 Å². The van der Waals surface area contributed by atoms with Crippen molar-refractivity contribution in [3.63, 3.8) is 0 Å². The van der Waals surface area contributed by atoms with Crippen molar-refractivity contribution in [2.75, 3.05) is 45.9 Å². The Hall–Kier alpha value is -1.30. The van der Waals surface area contributed by atoms with Gasteiger partial charge in [0, 0.05) is 45.6 Å². The number of ether oxygens (including phenoxy) is 1. The number of hydrogen-bond acceptors (Lipinski definition) is 5. The second kappa shape index (κ2) is 8.39. The first-order valence-corrected chi connectivity index (χ1v) is 9.63. The third-order valence-corrected chi connectivity index (χ3v) is 5.64. The molecule has 3 heterocycles. The largest absolute Gasteiger partial charge is 0.381 e. The van der Waals surface area contributed by atoms with Crippen LogP contribution in [0.25, 0.3) is 0 Å². The molecule has 1 aromatic rings. The minimum atomic E-state index is -0.434. The van der Waals surface area contributed by atoms with Gasteiger partial charge in [-0.1, -0.05) is 19.9 Å². The highest BCUT2D eigenvalue weighted by molar-refractivity contribution is 6.01. The second-order valence-electron chi connectivity index (χ2n) is 7.70. The van der Waals surface area contributed by atoms with Gasteiger partial charge in [0.25, 0.3) is 0 Å². The number of hydrogen-bond donors (Lipinski definition) is 0. The summed E-state index contributed by atoms with van der Waals surface area (Å²) < 4.78 is 5.58. The summed E-state index contributed by atoms with van der Waals surface area (Å²) in [6.07, 6.45) is 4.50. The van der Waals surface area contributed by atoms with Crippen molar-refractivity contribution < 1.29 is 9.53 Å². The Kier molecular flexibility index (Phi) is 6.20. The fourth-order valence-corrected chi connectivity index (χ4v) is 3.97. The van der Waals surface area contributed by atoms with Crippen LogP contribution in [0, 0.1) is 5.92 Å². The van der Waals surface area contributed by atoms with Crippen LogP contribution < -0.4 is 0 Å². The maximum atomic E-state index is 13.3. The maximum Gasteiger partial charge on any atom is 0.201 e. The van der Waals surface area contributed by atoms with Crippen LogP contribution in [0.2, 0.25) is 0 Å². The van der Waals surface area contributed by atoms with Crippen LogP contribution in [0.3, 0.4) is 0 Å². The van der Waals surface area contributed by atoms with Gasteiger partial charge in [-0.2, -0.15) is 0 Å². The van der Waals surface area contributed by atoms with Crippen molar-refractivity contribution in [1.29, 1.82) is 0 Å². The predicted octanol–water partition coefficient (Wildman–Crippen LogP) is 2.48. The molecule has 1 aromatic heterocycles. The van der Waals surface area contributed by atoms with Gasteiger partial charge >= 0.3 is 0 Å². The molecular weight excluding hydrogens is 314 g/mol. The molecule has 0 radical (unpaired) electrons.